The number of rotatable bonds is 7. The van der Waals surface area contributed by atoms with Gasteiger partial charge in [-0.2, -0.15) is 0 Å². The van der Waals surface area contributed by atoms with E-state index in [1.54, 1.807) is 11.0 Å². The Kier molecular flexibility index (Phi) is 6.18. The van der Waals surface area contributed by atoms with Gasteiger partial charge in [0.05, 0.1) is 25.7 Å². The summed E-state index contributed by atoms with van der Waals surface area (Å²) in [6.45, 7) is 8.27. The summed E-state index contributed by atoms with van der Waals surface area (Å²) in [4.78, 5) is 13.9. The first-order valence-electron chi connectivity index (χ1n) is 6.06. The van der Waals surface area contributed by atoms with E-state index in [1.165, 1.54) is 0 Å². The maximum Gasteiger partial charge on any atom is 0.230 e. The average molecular weight is 242 g/mol. The molecule has 0 bridgehead atoms. The van der Waals surface area contributed by atoms with Crippen molar-refractivity contribution in [3.63, 3.8) is 0 Å². The molecule has 0 aromatic heterocycles. The van der Waals surface area contributed by atoms with E-state index in [9.17, 15) is 4.79 Å². The molecule has 0 aromatic carbocycles. The summed E-state index contributed by atoms with van der Waals surface area (Å²) in [6, 6.07) is 0.0820. The summed E-state index contributed by atoms with van der Waals surface area (Å²) in [7, 11) is 0. The molecule has 2 atom stereocenters. The first-order valence-corrected chi connectivity index (χ1v) is 6.06. The van der Waals surface area contributed by atoms with Gasteiger partial charge in [0, 0.05) is 19.1 Å². The standard InChI is InChI=1S/C12H22N2O3/c1-3-5-14(6-7-15)12(16)10-8-17-9-11(10)13-4-2/h3,10-11,13,15H,1,4-9H2,2H3. The lowest BCUT2D eigenvalue weighted by atomic mass is 10.0. The maximum atomic E-state index is 12.3. The molecule has 2 N–H and O–H groups in total. The highest BCUT2D eigenvalue weighted by molar-refractivity contribution is 5.80. The molecule has 0 radical (unpaired) electrons. The minimum Gasteiger partial charge on any atom is -0.395 e. The highest BCUT2D eigenvalue weighted by Crippen LogP contribution is 2.16. The van der Waals surface area contributed by atoms with Gasteiger partial charge in [-0.3, -0.25) is 4.79 Å². The van der Waals surface area contributed by atoms with Crippen molar-refractivity contribution in [2.45, 2.75) is 13.0 Å². The van der Waals surface area contributed by atoms with Crippen LogP contribution in [-0.2, 0) is 9.53 Å². The Morgan fingerprint density at radius 3 is 3.00 bits per heavy atom. The summed E-state index contributed by atoms with van der Waals surface area (Å²) < 4.78 is 5.35. The van der Waals surface area contributed by atoms with E-state index >= 15 is 0 Å². The number of nitrogens with one attached hydrogen (secondary N) is 1. The Bertz CT molecular complexity index is 258. The van der Waals surface area contributed by atoms with Crippen molar-refractivity contribution in [3.8, 4) is 0 Å². The number of aliphatic hydroxyl groups is 1. The van der Waals surface area contributed by atoms with Crippen molar-refractivity contribution in [1.29, 1.82) is 0 Å². The van der Waals surface area contributed by atoms with Gasteiger partial charge in [-0.25, -0.2) is 0 Å². The smallest absolute Gasteiger partial charge is 0.230 e. The van der Waals surface area contributed by atoms with Gasteiger partial charge in [0.2, 0.25) is 5.91 Å². The lowest BCUT2D eigenvalue weighted by Crippen LogP contribution is -2.46. The molecular weight excluding hydrogens is 220 g/mol. The number of ether oxygens (including phenoxy) is 1. The molecule has 17 heavy (non-hydrogen) atoms. The van der Waals surface area contributed by atoms with Crippen LogP contribution in [0.25, 0.3) is 0 Å². The number of likely N-dealkylation sites (N-methyl/N-ethyl adjacent to an activating group) is 1. The lowest BCUT2D eigenvalue weighted by Gasteiger charge is -2.26. The highest BCUT2D eigenvalue weighted by atomic mass is 16.5. The van der Waals surface area contributed by atoms with Crippen LogP contribution in [0.5, 0.6) is 0 Å². The van der Waals surface area contributed by atoms with Crippen molar-refractivity contribution in [3.05, 3.63) is 12.7 Å². The first-order chi connectivity index (χ1) is 8.24. The third kappa shape index (κ3) is 3.80. The molecule has 2 unspecified atom stereocenters. The van der Waals surface area contributed by atoms with E-state index in [2.05, 4.69) is 11.9 Å². The van der Waals surface area contributed by atoms with Gasteiger partial charge in [0.1, 0.15) is 0 Å². The van der Waals surface area contributed by atoms with Gasteiger partial charge in [0.25, 0.3) is 0 Å². The minimum atomic E-state index is -0.151. The van der Waals surface area contributed by atoms with Crippen LogP contribution in [-0.4, -0.2) is 61.4 Å². The van der Waals surface area contributed by atoms with Crippen molar-refractivity contribution in [1.82, 2.24) is 10.2 Å². The Hall–Kier alpha value is -0.910. The zero-order valence-electron chi connectivity index (χ0n) is 10.4. The molecule has 1 saturated heterocycles. The third-order valence-electron chi connectivity index (χ3n) is 2.90. The van der Waals surface area contributed by atoms with Crippen LogP contribution in [0.3, 0.4) is 0 Å². The number of carbonyl (C=O) groups excluding carboxylic acids is 1. The quantitative estimate of drug-likeness (QED) is 0.597. The van der Waals surface area contributed by atoms with Crippen LogP contribution in [0.15, 0.2) is 12.7 Å². The van der Waals surface area contributed by atoms with Crippen molar-refractivity contribution >= 4 is 5.91 Å². The number of nitrogens with zero attached hydrogens (tertiary/aromatic N) is 1. The molecule has 1 aliphatic heterocycles. The van der Waals surface area contributed by atoms with Crippen LogP contribution in [0, 0.1) is 5.92 Å². The molecule has 98 valence electrons. The van der Waals surface area contributed by atoms with Gasteiger partial charge in [-0.15, -0.1) is 6.58 Å². The van der Waals surface area contributed by atoms with Gasteiger partial charge in [-0.05, 0) is 6.54 Å². The van der Waals surface area contributed by atoms with Crippen molar-refractivity contribution in [2.24, 2.45) is 5.92 Å². The second-order valence-electron chi connectivity index (χ2n) is 4.10. The first kappa shape index (κ1) is 14.2. The van der Waals surface area contributed by atoms with Gasteiger partial charge in [-0.1, -0.05) is 13.0 Å². The fourth-order valence-electron chi connectivity index (χ4n) is 2.06. The third-order valence-corrected chi connectivity index (χ3v) is 2.90. The summed E-state index contributed by atoms with van der Waals surface area (Å²) >= 11 is 0. The molecule has 0 aliphatic carbocycles. The van der Waals surface area contributed by atoms with E-state index < -0.39 is 0 Å². The topological polar surface area (TPSA) is 61.8 Å². The molecule has 1 fully saturated rings. The Labute approximate surface area is 102 Å². The monoisotopic (exact) mass is 242 g/mol. The number of amides is 1. The molecule has 5 nitrogen and oxygen atoms in total. The van der Waals surface area contributed by atoms with E-state index in [-0.39, 0.29) is 24.5 Å². The zero-order valence-corrected chi connectivity index (χ0v) is 10.4. The van der Waals surface area contributed by atoms with E-state index in [4.69, 9.17) is 9.84 Å². The highest BCUT2D eigenvalue weighted by Gasteiger charge is 2.35. The van der Waals surface area contributed by atoms with Crippen LogP contribution < -0.4 is 5.32 Å². The average Bonchev–Trinajstić information content (AvgIpc) is 2.77. The van der Waals surface area contributed by atoms with Crippen molar-refractivity contribution in [2.75, 3.05) is 39.5 Å². The van der Waals surface area contributed by atoms with Crippen LogP contribution in [0.2, 0.25) is 0 Å². The van der Waals surface area contributed by atoms with Gasteiger partial charge >= 0.3 is 0 Å². The number of hydrogen-bond acceptors (Lipinski definition) is 4. The fourth-order valence-corrected chi connectivity index (χ4v) is 2.06. The maximum absolute atomic E-state index is 12.3. The largest absolute Gasteiger partial charge is 0.395 e. The summed E-state index contributed by atoms with van der Waals surface area (Å²) in [5, 5.41) is 12.2. The Balaban J connectivity index is 2.61. The Morgan fingerprint density at radius 1 is 1.65 bits per heavy atom. The molecule has 1 rings (SSSR count). The predicted molar refractivity (Wildman–Crippen MR) is 65.6 cm³/mol. The number of carbonyl (C=O) groups is 1. The SMILES string of the molecule is C=CCN(CCO)C(=O)C1COCC1NCC. The molecule has 0 spiro atoms. The second-order valence-corrected chi connectivity index (χ2v) is 4.10. The minimum absolute atomic E-state index is 0.0287. The van der Waals surface area contributed by atoms with Gasteiger partial charge in [0.15, 0.2) is 0 Å². The fraction of sp³-hybridized carbons (Fsp3) is 0.750. The second kappa shape index (κ2) is 7.42. The molecule has 1 heterocycles. The predicted octanol–water partition coefficient (Wildman–Crippen LogP) is -0.382. The van der Waals surface area contributed by atoms with Crippen LogP contribution in [0.4, 0.5) is 0 Å². The summed E-state index contributed by atoms with van der Waals surface area (Å²) in [5.41, 5.74) is 0. The molecule has 1 aliphatic rings. The Morgan fingerprint density at radius 2 is 2.41 bits per heavy atom. The zero-order chi connectivity index (χ0) is 12.7. The molecular formula is C12H22N2O3. The molecule has 0 aromatic rings. The van der Waals surface area contributed by atoms with Crippen LogP contribution in [0.1, 0.15) is 6.92 Å². The summed E-state index contributed by atoms with van der Waals surface area (Å²) in [5.74, 6) is -0.121. The molecule has 5 heteroatoms. The number of hydrogen-bond donors (Lipinski definition) is 2. The van der Waals surface area contributed by atoms with Crippen molar-refractivity contribution < 1.29 is 14.6 Å². The van der Waals surface area contributed by atoms with E-state index in [0.29, 0.717) is 26.3 Å². The molecule has 1 amide bonds. The van der Waals surface area contributed by atoms with Gasteiger partial charge < -0.3 is 20.1 Å². The van der Waals surface area contributed by atoms with E-state index in [0.717, 1.165) is 6.54 Å². The lowest BCUT2D eigenvalue weighted by molar-refractivity contribution is -0.136. The van der Waals surface area contributed by atoms with Crippen LogP contribution >= 0.6 is 0 Å². The summed E-state index contributed by atoms with van der Waals surface area (Å²) in [6.07, 6.45) is 1.67. The normalized spacial score (nSPS) is 23.6. The molecule has 0 saturated carbocycles. The van der Waals surface area contributed by atoms with E-state index in [1.807, 2.05) is 6.92 Å². The number of aliphatic hydroxyl groups excluding tert-OH is 1.